The Morgan fingerprint density at radius 1 is 0.955 bits per heavy atom. The Bertz CT molecular complexity index is 497. The summed E-state index contributed by atoms with van der Waals surface area (Å²) in [6.07, 6.45) is 1.08. The van der Waals surface area contributed by atoms with Gasteiger partial charge in [-0.05, 0) is 12.3 Å². The molecule has 0 bridgehead atoms. The zero-order valence-corrected chi connectivity index (χ0v) is 15.3. The normalized spacial score (nSPS) is 15.9. The molecule has 0 saturated heterocycles. The molecule has 134 valence electrons. The van der Waals surface area contributed by atoms with Crippen molar-refractivity contribution in [3.63, 3.8) is 0 Å². The summed E-state index contributed by atoms with van der Waals surface area (Å²) >= 11 is 0. The van der Waals surface area contributed by atoms with E-state index in [1.165, 1.54) is 7.11 Å². The van der Waals surface area contributed by atoms with E-state index in [0.717, 1.165) is 12.5 Å². The molecule has 0 saturated carbocycles. The van der Waals surface area contributed by atoms with Gasteiger partial charge < -0.3 is 9.47 Å². The van der Waals surface area contributed by atoms with Crippen LogP contribution in [0.2, 0.25) is 0 Å². The molecule has 0 N–H and O–H groups in total. The first-order valence-corrected chi connectivity index (χ1v) is 10.4. The lowest BCUT2D eigenvalue weighted by molar-refractivity contribution is -0.113. The maximum Gasteiger partial charge on any atom is 0.264 e. The van der Waals surface area contributed by atoms with Gasteiger partial charge in [0.2, 0.25) is 0 Å². The predicted octanol–water partition coefficient (Wildman–Crippen LogP) is 0.733. The highest BCUT2D eigenvalue weighted by atomic mass is 32.2. The molecule has 0 rings (SSSR count). The lowest BCUT2D eigenvalue weighted by Crippen LogP contribution is -2.36. The molecular formula is C12H26O8S2. The first-order valence-electron chi connectivity index (χ1n) is 6.77. The molecule has 0 aliphatic rings. The van der Waals surface area contributed by atoms with Gasteiger partial charge in [-0.1, -0.05) is 13.8 Å². The minimum atomic E-state index is -3.67. The number of hydrogen-bond donors (Lipinski definition) is 0. The molecule has 0 spiro atoms. The fourth-order valence-electron chi connectivity index (χ4n) is 1.79. The minimum absolute atomic E-state index is 0.0642. The molecule has 8 nitrogen and oxygen atoms in total. The Morgan fingerprint density at radius 3 is 1.95 bits per heavy atom. The molecule has 0 aromatic rings. The van der Waals surface area contributed by atoms with Crippen LogP contribution in [-0.2, 0) is 38.1 Å². The Balaban J connectivity index is 4.93. The molecule has 2 atom stereocenters. The van der Waals surface area contributed by atoms with Crippen molar-refractivity contribution >= 4 is 20.2 Å². The van der Waals surface area contributed by atoms with Gasteiger partial charge in [0.15, 0.2) is 0 Å². The van der Waals surface area contributed by atoms with Crippen molar-refractivity contribution in [1.29, 1.82) is 0 Å². The van der Waals surface area contributed by atoms with E-state index in [2.05, 4.69) is 4.18 Å². The van der Waals surface area contributed by atoms with Gasteiger partial charge in [0.25, 0.3) is 20.2 Å². The Morgan fingerprint density at radius 2 is 1.55 bits per heavy atom. The predicted molar refractivity (Wildman–Crippen MR) is 81.3 cm³/mol. The van der Waals surface area contributed by atoms with E-state index in [1.807, 2.05) is 13.8 Å². The summed E-state index contributed by atoms with van der Waals surface area (Å²) < 4.78 is 64.8. The van der Waals surface area contributed by atoms with Crippen LogP contribution in [0.5, 0.6) is 0 Å². The van der Waals surface area contributed by atoms with E-state index in [0.29, 0.717) is 6.42 Å². The van der Waals surface area contributed by atoms with Gasteiger partial charge in [0.05, 0.1) is 25.2 Å². The molecule has 0 aromatic carbocycles. The molecule has 0 aliphatic heterocycles. The summed E-state index contributed by atoms with van der Waals surface area (Å²) in [5.74, 6) is 0.163. The second-order valence-corrected chi connectivity index (χ2v) is 8.64. The van der Waals surface area contributed by atoms with Crippen LogP contribution in [0.4, 0.5) is 0 Å². The van der Waals surface area contributed by atoms with Crippen LogP contribution >= 0.6 is 0 Å². The Kier molecular flexibility index (Phi) is 9.67. The van der Waals surface area contributed by atoms with Crippen molar-refractivity contribution in [2.75, 3.05) is 33.0 Å². The zero-order valence-electron chi connectivity index (χ0n) is 13.6. The van der Waals surface area contributed by atoms with Gasteiger partial charge in [-0.15, -0.1) is 0 Å². The molecule has 0 heterocycles. The lowest BCUT2D eigenvalue weighted by Gasteiger charge is -2.27. The number of hydrogen-bond acceptors (Lipinski definition) is 8. The van der Waals surface area contributed by atoms with E-state index in [1.54, 1.807) is 0 Å². The summed E-state index contributed by atoms with van der Waals surface area (Å²) in [5.41, 5.74) is 0. The van der Waals surface area contributed by atoms with Gasteiger partial charge in [-0.25, -0.2) is 0 Å². The highest BCUT2D eigenvalue weighted by Gasteiger charge is 2.28. The third-order valence-corrected chi connectivity index (χ3v) is 3.71. The molecule has 0 amide bonds. The van der Waals surface area contributed by atoms with E-state index in [4.69, 9.17) is 13.7 Å². The van der Waals surface area contributed by atoms with Crippen LogP contribution < -0.4 is 0 Å². The highest BCUT2D eigenvalue weighted by molar-refractivity contribution is 7.86. The van der Waals surface area contributed by atoms with Gasteiger partial charge in [0, 0.05) is 13.5 Å². The summed E-state index contributed by atoms with van der Waals surface area (Å²) in [6.45, 7) is 3.64. The summed E-state index contributed by atoms with van der Waals surface area (Å²) in [4.78, 5) is 0. The first-order chi connectivity index (χ1) is 9.94. The largest absolute Gasteiger partial charge is 0.359 e. The molecule has 22 heavy (non-hydrogen) atoms. The third-order valence-electron chi connectivity index (χ3n) is 2.52. The van der Waals surface area contributed by atoms with Gasteiger partial charge in [-0.3, -0.25) is 8.37 Å². The molecule has 10 heteroatoms. The van der Waals surface area contributed by atoms with Crippen LogP contribution in [-0.4, -0.2) is 62.1 Å². The van der Waals surface area contributed by atoms with Crippen molar-refractivity contribution in [2.24, 2.45) is 5.92 Å². The number of rotatable bonds is 12. The van der Waals surface area contributed by atoms with Crippen molar-refractivity contribution in [3.8, 4) is 0 Å². The maximum absolute atomic E-state index is 11.4. The van der Waals surface area contributed by atoms with Crippen molar-refractivity contribution in [1.82, 2.24) is 0 Å². The quantitative estimate of drug-likeness (QED) is 0.370. The Hall–Kier alpha value is -0.260. The summed E-state index contributed by atoms with van der Waals surface area (Å²) in [6, 6.07) is 0. The van der Waals surface area contributed by atoms with Crippen LogP contribution in [0.1, 0.15) is 26.7 Å². The Labute approximate surface area is 133 Å². The number of methoxy groups -OCH3 is 1. The highest BCUT2D eigenvalue weighted by Crippen LogP contribution is 2.19. The third kappa shape index (κ3) is 12.3. The average Bonchev–Trinajstić information content (AvgIpc) is 2.28. The SMILES string of the molecule is COCO[C@@H](CCOS(C)(=O)=O)[C@@H](CC(C)C)OS(C)(=O)=O. The van der Waals surface area contributed by atoms with E-state index in [-0.39, 0.29) is 25.7 Å². The molecule has 0 unspecified atom stereocenters. The van der Waals surface area contributed by atoms with Crippen LogP contribution in [0.15, 0.2) is 0 Å². The van der Waals surface area contributed by atoms with Crippen LogP contribution in [0.25, 0.3) is 0 Å². The first kappa shape index (κ1) is 21.7. The second kappa shape index (κ2) is 9.78. The average molecular weight is 362 g/mol. The molecule has 0 fully saturated rings. The monoisotopic (exact) mass is 362 g/mol. The van der Waals surface area contributed by atoms with Crippen LogP contribution in [0, 0.1) is 5.92 Å². The van der Waals surface area contributed by atoms with Crippen molar-refractivity contribution < 1.29 is 34.7 Å². The van der Waals surface area contributed by atoms with E-state index < -0.39 is 32.4 Å². The van der Waals surface area contributed by atoms with Crippen molar-refractivity contribution in [2.45, 2.75) is 38.9 Å². The fourth-order valence-corrected chi connectivity index (χ4v) is 2.84. The van der Waals surface area contributed by atoms with Gasteiger partial charge >= 0.3 is 0 Å². The second-order valence-electron chi connectivity index (χ2n) is 5.39. The molecule has 0 radical (unpaired) electrons. The molecule has 0 aliphatic carbocycles. The van der Waals surface area contributed by atoms with Crippen LogP contribution in [0.3, 0.4) is 0 Å². The topological polar surface area (TPSA) is 105 Å². The number of ether oxygens (including phenoxy) is 2. The summed E-state index contributed by atoms with van der Waals surface area (Å²) in [5, 5.41) is 0. The standard InChI is InChI=1S/C12H26O8S2/c1-10(2)8-12(20-22(5,15)16)11(18-9-17-3)6-7-19-21(4,13)14/h10-12H,6-9H2,1-5H3/t11-,12+/m0/s1. The lowest BCUT2D eigenvalue weighted by atomic mass is 10.0. The van der Waals surface area contributed by atoms with Crippen molar-refractivity contribution in [3.05, 3.63) is 0 Å². The van der Waals surface area contributed by atoms with E-state index >= 15 is 0 Å². The molecular weight excluding hydrogens is 336 g/mol. The van der Waals surface area contributed by atoms with Gasteiger partial charge in [0.1, 0.15) is 12.9 Å². The zero-order chi connectivity index (χ0) is 17.4. The maximum atomic E-state index is 11.4. The fraction of sp³-hybridized carbons (Fsp3) is 1.00. The van der Waals surface area contributed by atoms with Gasteiger partial charge in [-0.2, -0.15) is 16.8 Å². The summed E-state index contributed by atoms with van der Waals surface area (Å²) in [7, 11) is -5.81. The molecule has 0 aromatic heterocycles. The van der Waals surface area contributed by atoms with E-state index in [9.17, 15) is 16.8 Å². The smallest absolute Gasteiger partial charge is 0.264 e. The minimum Gasteiger partial charge on any atom is -0.359 e.